The number of rotatable bonds is 4. The van der Waals surface area contributed by atoms with E-state index >= 15 is 0 Å². The number of pyridine rings is 1. The highest BCUT2D eigenvalue weighted by Gasteiger charge is 2.31. The topological polar surface area (TPSA) is 71.5 Å². The van der Waals surface area contributed by atoms with Crippen molar-refractivity contribution in [2.24, 2.45) is 0 Å². The molecule has 0 saturated heterocycles. The molecule has 1 aliphatic carbocycles. The summed E-state index contributed by atoms with van der Waals surface area (Å²) in [5.74, 6) is 1.04. The summed E-state index contributed by atoms with van der Waals surface area (Å²) in [7, 11) is 0. The first-order chi connectivity index (χ1) is 12.7. The van der Waals surface area contributed by atoms with Crippen LogP contribution in [0.4, 0.5) is 0 Å². The molecule has 5 heteroatoms. The molecule has 3 aromatic rings. The van der Waals surface area contributed by atoms with Crippen LogP contribution in [0.5, 0.6) is 11.5 Å². The molecule has 4 rings (SSSR count). The smallest absolute Gasteiger partial charge is 0.251 e. The first kappa shape index (κ1) is 16.3. The van der Waals surface area contributed by atoms with Crippen molar-refractivity contribution in [1.82, 2.24) is 10.3 Å². The summed E-state index contributed by atoms with van der Waals surface area (Å²) < 4.78 is 5.68. The van der Waals surface area contributed by atoms with Gasteiger partial charge in [0.2, 0.25) is 0 Å². The minimum Gasteiger partial charge on any atom is -0.456 e. The molecule has 1 heterocycles. The van der Waals surface area contributed by atoms with Crippen molar-refractivity contribution < 1.29 is 14.6 Å². The zero-order valence-electron chi connectivity index (χ0n) is 14.0. The minimum atomic E-state index is -0.607. The van der Waals surface area contributed by atoms with E-state index < -0.39 is 6.10 Å². The average molecular weight is 346 g/mol. The summed E-state index contributed by atoms with van der Waals surface area (Å²) in [4.78, 5) is 16.5. The van der Waals surface area contributed by atoms with E-state index in [0.717, 1.165) is 11.1 Å². The van der Waals surface area contributed by atoms with Crippen molar-refractivity contribution in [3.05, 3.63) is 89.7 Å². The zero-order chi connectivity index (χ0) is 17.9. The largest absolute Gasteiger partial charge is 0.456 e. The third-order valence-electron chi connectivity index (χ3n) is 4.48. The Morgan fingerprint density at radius 2 is 1.85 bits per heavy atom. The molecule has 130 valence electrons. The Hall–Kier alpha value is -3.18. The van der Waals surface area contributed by atoms with Crippen LogP contribution < -0.4 is 10.1 Å². The number of aromatic nitrogens is 1. The predicted molar refractivity (Wildman–Crippen MR) is 97.1 cm³/mol. The second-order valence-corrected chi connectivity index (χ2v) is 6.24. The van der Waals surface area contributed by atoms with Gasteiger partial charge >= 0.3 is 0 Å². The summed E-state index contributed by atoms with van der Waals surface area (Å²) >= 11 is 0. The minimum absolute atomic E-state index is 0.223. The van der Waals surface area contributed by atoms with Crippen LogP contribution in [-0.2, 0) is 6.42 Å². The molecule has 2 N–H and O–H groups in total. The van der Waals surface area contributed by atoms with E-state index in [4.69, 9.17) is 4.74 Å². The Bertz CT molecular complexity index is 910. The van der Waals surface area contributed by atoms with Gasteiger partial charge in [-0.25, -0.2) is 0 Å². The van der Waals surface area contributed by atoms with Gasteiger partial charge in [0.1, 0.15) is 11.5 Å². The number of ether oxygens (including phenoxy) is 1. The fraction of sp³-hybridized carbons (Fsp3) is 0.143. The van der Waals surface area contributed by atoms with Crippen LogP contribution in [0.25, 0.3) is 0 Å². The zero-order valence-corrected chi connectivity index (χ0v) is 14.0. The normalized spacial score (nSPS) is 18.2. The van der Waals surface area contributed by atoms with Crippen LogP contribution in [0.2, 0.25) is 0 Å². The Morgan fingerprint density at radius 3 is 2.62 bits per heavy atom. The van der Waals surface area contributed by atoms with Crippen molar-refractivity contribution in [2.45, 2.75) is 18.6 Å². The van der Waals surface area contributed by atoms with Gasteiger partial charge < -0.3 is 15.2 Å². The van der Waals surface area contributed by atoms with E-state index in [0.29, 0.717) is 23.5 Å². The van der Waals surface area contributed by atoms with Gasteiger partial charge in [0.25, 0.3) is 5.91 Å². The molecule has 2 unspecified atom stereocenters. The second-order valence-electron chi connectivity index (χ2n) is 6.24. The number of nitrogens with zero attached hydrogens (tertiary/aromatic N) is 1. The number of amides is 1. The maximum atomic E-state index is 12.6. The standard InChI is InChI=1S/C21H18N2O3/c24-19-12-15-4-1-2-6-18(15)20(19)23-21(25)14-7-9-16(10-8-14)26-17-5-3-11-22-13-17/h1-11,13,19-20,24H,12H2,(H,23,25). The highest BCUT2D eigenvalue weighted by molar-refractivity contribution is 5.94. The summed E-state index contributed by atoms with van der Waals surface area (Å²) in [5.41, 5.74) is 2.57. The van der Waals surface area contributed by atoms with Crippen LogP contribution in [0.3, 0.4) is 0 Å². The molecule has 0 fully saturated rings. The molecule has 0 aliphatic heterocycles. The van der Waals surface area contributed by atoms with Gasteiger partial charge in [-0.3, -0.25) is 9.78 Å². The van der Waals surface area contributed by atoms with Gasteiger partial charge in [-0.2, -0.15) is 0 Å². The monoisotopic (exact) mass is 346 g/mol. The van der Waals surface area contributed by atoms with Crippen LogP contribution in [-0.4, -0.2) is 22.1 Å². The van der Waals surface area contributed by atoms with Crippen molar-refractivity contribution in [3.63, 3.8) is 0 Å². The van der Waals surface area contributed by atoms with Crippen molar-refractivity contribution in [2.75, 3.05) is 0 Å². The maximum absolute atomic E-state index is 12.6. The predicted octanol–water partition coefficient (Wildman–Crippen LogP) is 3.26. The lowest BCUT2D eigenvalue weighted by atomic mass is 10.1. The highest BCUT2D eigenvalue weighted by Crippen LogP contribution is 2.31. The SMILES string of the molecule is O=C(NC1c2ccccc2CC1O)c1ccc(Oc2cccnc2)cc1. The lowest BCUT2D eigenvalue weighted by Crippen LogP contribution is -2.33. The molecule has 0 bridgehead atoms. The van der Waals surface area contributed by atoms with Crippen LogP contribution in [0, 0.1) is 0 Å². The molecule has 26 heavy (non-hydrogen) atoms. The quantitative estimate of drug-likeness (QED) is 0.761. The number of carbonyl (C=O) groups is 1. The lowest BCUT2D eigenvalue weighted by Gasteiger charge is -2.18. The summed E-state index contributed by atoms with van der Waals surface area (Å²) in [6.07, 6.45) is 3.25. The van der Waals surface area contributed by atoms with E-state index in [1.54, 1.807) is 42.7 Å². The number of nitrogens with one attached hydrogen (secondary N) is 1. The van der Waals surface area contributed by atoms with Crippen LogP contribution >= 0.6 is 0 Å². The third-order valence-corrected chi connectivity index (χ3v) is 4.48. The Labute approximate surface area is 151 Å². The van der Waals surface area contributed by atoms with E-state index in [-0.39, 0.29) is 11.9 Å². The number of aliphatic hydroxyl groups excluding tert-OH is 1. The third kappa shape index (κ3) is 3.30. The van der Waals surface area contributed by atoms with Gasteiger partial charge in [-0.05, 0) is 47.5 Å². The van der Waals surface area contributed by atoms with Crippen LogP contribution in [0.15, 0.2) is 73.1 Å². The van der Waals surface area contributed by atoms with Gasteiger partial charge in [0, 0.05) is 18.2 Å². The first-order valence-electron chi connectivity index (χ1n) is 8.45. The number of fused-ring (bicyclic) bond motifs is 1. The molecule has 0 saturated carbocycles. The molecule has 2 atom stereocenters. The van der Waals surface area contributed by atoms with Crippen molar-refractivity contribution >= 4 is 5.91 Å². The number of hydrogen-bond donors (Lipinski definition) is 2. The molecule has 1 amide bonds. The van der Waals surface area contributed by atoms with Gasteiger partial charge in [0.15, 0.2) is 0 Å². The van der Waals surface area contributed by atoms with Gasteiger partial charge in [-0.15, -0.1) is 0 Å². The summed E-state index contributed by atoms with van der Waals surface area (Å²) in [5, 5.41) is 13.2. The van der Waals surface area contributed by atoms with E-state index in [9.17, 15) is 9.90 Å². The Balaban J connectivity index is 1.45. The van der Waals surface area contributed by atoms with Crippen molar-refractivity contribution in [3.8, 4) is 11.5 Å². The Morgan fingerprint density at radius 1 is 1.04 bits per heavy atom. The molecule has 5 nitrogen and oxygen atoms in total. The molecular weight excluding hydrogens is 328 g/mol. The van der Waals surface area contributed by atoms with Crippen molar-refractivity contribution in [1.29, 1.82) is 0 Å². The number of aliphatic hydroxyl groups is 1. The number of benzene rings is 2. The first-order valence-corrected chi connectivity index (χ1v) is 8.45. The van der Waals surface area contributed by atoms with E-state index in [2.05, 4.69) is 10.3 Å². The summed E-state index contributed by atoms with van der Waals surface area (Å²) in [6, 6.07) is 17.9. The highest BCUT2D eigenvalue weighted by atomic mass is 16.5. The fourth-order valence-electron chi connectivity index (χ4n) is 3.19. The van der Waals surface area contributed by atoms with E-state index in [1.165, 1.54) is 0 Å². The molecular formula is C21H18N2O3. The summed E-state index contributed by atoms with van der Waals surface area (Å²) in [6.45, 7) is 0. The maximum Gasteiger partial charge on any atom is 0.251 e. The van der Waals surface area contributed by atoms with Crippen LogP contribution in [0.1, 0.15) is 27.5 Å². The molecule has 0 radical (unpaired) electrons. The molecule has 1 aliphatic rings. The van der Waals surface area contributed by atoms with Gasteiger partial charge in [-0.1, -0.05) is 24.3 Å². The van der Waals surface area contributed by atoms with Gasteiger partial charge in [0.05, 0.1) is 18.3 Å². The molecule has 1 aromatic heterocycles. The van der Waals surface area contributed by atoms with E-state index in [1.807, 2.05) is 30.3 Å². The molecule has 0 spiro atoms. The fourth-order valence-corrected chi connectivity index (χ4v) is 3.19. The number of hydrogen-bond acceptors (Lipinski definition) is 4. The average Bonchev–Trinajstić information content (AvgIpc) is 2.98. The molecule has 2 aromatic carbocycles. The second kappa shape index (κ2) is 6.98. The number of carbonyl (C=O) groups excluding carboxylic acids is 1. The Kier molecular flexibility index (Phi) is 4.37. The lowest BCUT2D eigenvalue weighted by molar-refractivity contribution is 0.0858.